The van der Waals surface area contributed by atoms with Crippen LogP contribution >= 0.6 is 0 Å². The molecule has 2 N–H and O–H groups in total. The second-order valence-electron chi connectivity index (χ2n) is 4.32. The van der Waals surface area contributed by atoms with Crippen LogP contribution in [0, 0.1) is 5.92 Å². The van der Waals surface area contributed by atoms with Gasteiger partial charge >= 0.3 is 0 Å². The van der Waals surface area contributed by atoms with Gasteiger partial charge in [0, 0.05) is 18.6 Å². The van der Waals surface area contributed by atoms with E-state index >= 15 is 0 Å². The van der Waals surface area contributed by atoms with Crippen molar-refractivity contribution in [1.29, 1.82) is 0 Å². The van der Waals surface area contributed by atoms with Gasteiger partial charge in [-0.05, 0) is 32.4 Å². The van der Waals surface area contributed by atoms with Gasteiger partial charge in [-0.15, -0.1) is 0 Å². The summed E-state index contributed by atoms with van der Waals surface area (Å²) in [7, 11) is 0. The minimum Gasteiger partial charge on any atom is -0.396 e. The molecule has 0 aromatic rings. The van der Waals surface area contributed by atoms with Crippen molar-refractivity contribution >= 4 is 0 Å². The largest absolute Gasteiger partial charge is 0.396 e. The predicted octanol–water partition coefficient (Wildman–Crippen LogP) is 0.214. The van der Waals surface area contributed by atoms with E-state index in [1.807, 2.05) is 0 Å². The van der Waals surface area contributed by atoms with Gasteiger partial charge in [-0.3, -0.25) is 4.90 Å². The Labute approximate surface area is 79.4 Å². The fourth-order valence-electron chi connectivity index (χ4n) is 2.70. The molecule has 0 spiro atoms. The quantitative estimate of drug-likeness (QED) is 0.614. The lowest BCUT2D eigenvalue weighted by Crippen LogP contribution is -2.54. The molecular weight excluding hydrogens is 166 g/mol. The Balaban J connectivity index is 2.01. The minimum atomic E-state index is -0.293. The van der Waals surface area contributed by atoms with Gasteiger partial charge in [0.25, 0.3) is 0 Å². The molecule has 2 fully saturated rings. The van der Waals surface area contributed by atoms with Gasteiger partial charge < -0.3 is 10.2 Å². The fraction of sp³-hybridized carbons (Fsp3) is 1.00. The van der Waals surface area contributed by atoms with Crippen molar-refractivity contribution in [3.05, 3.63) is 0 Å². The Hall–Kier alpha value is -0.120. The van der Waals surface area contributed by atoms with Crippen LogP contribution in [0.15, 0.2) is 0 Å². The van der Waals surface area contributed by atoms with Gasteiger partial charge in [-0.2, -0.15) is 0 Å². The van der Waals surface area contributed by atoms with Gasteiger partial charge in [0.2, 0.25) is 0 Å². The molecule has 0 aromatic heterocycles. The van der Waals surface area contributed by atoms with Crippen LogP contribution in [0.3, 0.4) is 0 Å². The zero-order chi connectivity index (χ0) is 9.26. The van der Waals surface area contributed by atoms with E-state index in [4.69, 9.17) is 5.11 Å². The number of fused-ring (bicyclic) bond motifs is 1. The van der Waals surface area contributed by atoms with Crippen LogP contribution in [0.5, 0.6) is 0 Å². The van der Waals surface area contributed by atoms with Crippen LogP contribution < -0.4 is 0 Å². The molecule has 2 saturated heterocycles. The molecule has 3 unspecified atom stereocenters. The molecule has 0 bridgehead atoms. The summed E-state index contributed by atoms with van der Waals surface area (Å²) < 4.78 is 0. The standard InChI is InChI=1S/C10H19NO2/c12-7-8-4-6-11-5-2-1-3-9(11)10(8)13/h8-10,12-13H,1-7H2. The maximum absolute atomic E-state index is 9.96. The van der Waals surface area contributed by atoms with Crippen molar-refractivity contribution in [2.75, 3.05) is 19.7 Å². The van der Waals surface area contributed by atoms with Gasteiger partial charge in [0.05, 0.1) is 6.10 Å². The van der Waals surface area contributed by atoms with E-state index in [9.17, 15) is 5.11 Å². The van der Waals surface area contributed by atoms with E-state index in [-0.39, 0.29) is 18.6 Å². The van der Waals surface area contributed by atoms with E-state index < -0.39 is 0 Å². The average molecular weight is 185 g/mol. The van der Waals surface area contributed by atoms with Crippen molar-refractivity contribution in [3.8, 4) is 0 Å². The summed E-state index contributed by atoms with van der Waals surface area (Å²) in [6, 6.07) is 0.333. The summed E-state index contributed by atoms with van der Waals surface area (Å²) in [5.74, 6) is 0.124. The molecule has 2 heterocycles. The summed E-state index contributed by atoms with van der Waals surface area (Å²) in [5.41, 5.74) is 0. The van der Waals surface area contributed by atoms with Crippen molar-refractivity contribution in [2.45, 2.75) is 37.8 Å². The normalized spacial score (nSPS) is 41.5. The topological polar surface area (TPSA) is 43.7 Å². The number of aliphatic hydroxyl groups is 2. The maximum Gasteiger partial charge on any atom is 0.0745 e. The molecule has 0 radical (unpaired) electrons. The monoisotopic (exact) mass is 185 g/mol. The Bertz CT molecular complexity index is 174. The number of hydrogen-bond acceptors (Lipinski definition) is 3. The van der Waals surface area contributed by atoms with Crippen LogP contribution in [0.25, 0.3) is 0 Å². The lowest BCUT2D eigenvalue weighted by molar-refractivity contribution is -0.0602. The molecule has 0 aliphatic carbocycles. The Morgan fingerprint density at radius 1 is 1.15 bits per heavy atom. The van der Waals surface area contributed by atoms with E-state index in [0.29, 0.717) is 6.04 Å². The highest BCUT2D eigenvalue weighted by Crippen LogP contribution is 2.29. The molecule has 76 valence electrons. The van der Waals surface area contributed by atoms with Crippen molar-refractivity contribution in [2.24, 2.45) is 5.92 Å². The first kappa shape index (κ1) is 9.44. The Morgan fingerprint density at radius 3 is 2.77 bits per heavy atom. The summed E-state index contributed by atoms with van der Waals surface area (Å²) in [4.78, 5) is 2.39. The number of hydrogen-bond donors (Lipinski definition) is 2. The Morgan fingerprint density at radius 2 is 2.00 bits per heavy atom. The van der Waals surface area contributed by atoms with Gasteiger partial charge in [-0.25, -0.2) is 0 Å². The number of nitrogens with zero attached hydrogens (tertiary/aromatic N) is 1. The van der Waals surface area contributed by atoms with Crippen LogP contribution in [0.1, 0.15) is 25.7 Å². The minimum absolute atomic E-state index is 0.124. The molecule has 3 heteroatoms. The van der Waals surface area contributed by atoms with E-state index in [1.54, 1.807) is 0 Å². The number of aliphatic hydroxyl groups excluding tert-OH is 2. The summed E-state index contributed by atoms with van der Waals surface area (Å²) in [5, 5.41) is 19.0. The highest BCUT2D eigenvalue weighted by molar-refractivity contribution is 4.91. The van der Waals surface area contributed by atoms with Crippen LogP contribution in [-0.4, -0.2) is 47.0 Å². The lowest BCUT2D eigenvalue weighted by Gasteiger charge is -2.45. The molecule has 0 aromatic carbocycles. The van der Waals surface area contributed by atoms with Crippen molar-refractivity contribution in [3.63, 3.8) is 0 Å². The third-order valence-electron chi connectivity index (χ3n) is 3.56. The second kappa shape index (κ2) is 3.95. The highest BCUT2D eigenvalue weighted by Gasteiger charge is 2.37. The summed E-state index contributed by atoms with van der Waals surface area (Å²) >= 11 is 0. The molecule has 3 atom stereocenters. The predicted molar refractivity (Wildman–Crippen MR) is 50.4 cm³/mol. The molecular formula is C10H19NO2. The first-order valence-corrected chi connectivity index (χ1v) is 5.36. The SMILES string of the molecule is OCC1CCN2CCCCC2C1O. The first-order chi connectivity index (χ1) is 6.33. The van der Waals surface area contributed by atoms with Gasteiger partial charge in [0.15, 0.2) is 0 Å². The van der Waals surface area contributed by atoms with Crippen molar-refractivity contribution < 1.29 is 10.2 Å². The Kier molecular flexibility index (Phi) is 2.86. The second-order valence-corrected chi connectivity index (χ2v) is 4.32. The third-order valence-corrected chi connectivity index (χ3v) is 3.56. The van der Waals surface area contributed by atoms with E-state index in [2.05, 4.69) is 4.90 Å². The van der Waals surface area contributed by atoms with Crippen LogP contribution in [-0.2, 0) is 0 Å². The first-order valence-electron chi connectivity index (χ1n) is 5.36. The smallest absolute Gasteiger partial charge is 0.0745 e. The average Bonchev–Trinajstić information content (AvgIpc) is 2.19. The molecule has 0 saturated carbocycles. The maximum atomic E-state index is 9.96. The summed E-state index contributed by atoms with van der Waals surface area (Å²) in [6.45, 7) is 2.35. The van der Waals surface area contributed by atoms with Gasteiger partial charge in [0.1, 0.15) is 0 Å². The summed E-state index contributed by atoms with van der Waals surface area (Å²) in [6.07, 6.45) is 4.27. The van der Waals surface area contributed by atoms with Crippen molar-refractivity contribution in [1.82, 2.24) is 4.90 Å². The fourth-order valence-corrected chi connectivity index (χ4v) is 2.70. The molecule has 2 aliphatic heterocycles. The van der Waals surface area contributed by atoms with E-state index in [0.717, 1.165) is 25.9 Å². The van der Waals surface area contributed by atoms with Crippen LogP contribution in [0.4, 0.5) is 0 Å². The number of piperidine rings is 2. The third kappa shape index (κ3) is 1.73. The number of rotatable bonds is 1. The zero-order valence-electron chi connectivity index (χ0n) is 8.02. The van der Waals surface area contributed by atoms with E-state index in [1.165, 1.54) is 12.8 Å². The molecule has 13 heavy (non-hydrogen) atoms. The lowest BCUT2D eigenvalue weighted by atomic mass is 9.84. The molecule has 3 nitrogen and oxygen atoms in total. The molecule has 2 aliphatic rings. The zero-order valence-corrected chi connectivity index (χ0v) is 8.02. The van der Waals surface area contributed by atoms with Gasteiger partial charge in [-0.1, -0.05) is 6.42 Å². The molecule has 0 amide bonds. The van der Waals surface area contributed by atoms with Crippen LogP contribution in [0.2, 0.25) is 0 Å². The molecule has 2 rings (SSSR count). The highest BCUT2D eigenvalue weighted by atomic mass is 16.3.